The average molecular weight is 472 g/mol. The number of H-pyrrole nitrogens is 2. The molecule has 2 aromatic carbocycles. The lowest BCUT2D eigenvalue weighted by Crippen LogP contribution is -2.14. The fraction of sp³-hybridized carbons (Fsp3) is 0.120. The highest BCUT2D eigenvalue weighted by atomic mass is 19.1. The number of rotatable bonds is 7. The van der Waals surface area contributed by atoms with E-state index < -0.39 is 11.7 Å². The van der Waals surface area contributed by atoms with Crippen LogP contribution in [0, 0.1) is 5.82 Å². The maximum Gasteiger partial charge on any atom is 0.255 e. The zero-order valence-corrected chi connectivity index (χ0v) is 18.7. The van der Waals surface area contributed by atoms with Gasteiger partial charge in [-0.25, -0.2) is 19.3 Å². The Labute approximate surface area is 199 Å². The summed E-state index contributed by atoms with van der Waals surface area (Å²) < 4.78 is 21.1. The molecule has 0 aliphatic carbocycles. The summed E-state index contributed by atoms with van der Waals surface area (Å²) in [6, 6.07) is 9.75. The number of aromatic amines is 2. The summed E-state index contributed by atoms with van der Waals surface area (Å²) in [6.45, 7) is 0. The van der Waals surface area contributed by atoms with E-state index in [2.05, 4.69) is 30.2 Å². The van der Waals surface area contributed by atoms with E-state index in [1.54, 1.807) is 48.9 Å². The van der Waals surface area contributed by atoms with Crippen molar-refractivity contribution in [2.24, 2.45) is 0 Å². The number of ether oxygens (including phenoxy) is 1. The smallest absolute Gasteiger partial charge is 0.255 e. The Hall–Kier alpha value is -4.73. The minimum Gasteiger partial charge on any atom is -0.505 e. The molecule has 0 aliphatic heterocycles. The Bertz CT molecular complexity index is 1510. The van der Waals surface area contributed by atoms with Crippen LogP contribution >= 0.6 is 0 Å². The van der Waals surface area contributed by atoms with E-state index in [4.69, 9.17) is 4.74 Å². The van der Waals surface area contributed by atoms with Crippen LogP contribution in [0.3, 0.4) is 0 Å². The number of amides is 1. The third-order valence-electron chi connectivity index (χ3n) is 5.71. The van der Waals surface area contributed by atoms with Gasteiger partial charge in [0.25, 0.3) is 5.91 Å². The molecular weight excluding hydrogens is 451 g/mol. The third-order valence-corrected chi connectivity index (χ3v) is 5.71. The number of carbonyl (C=O) groups is 1. The topological polar surface area (TPSA) is 129 Å². The molecule has 0 aliphatic rings. The van der Waals surface area contributed by atoms with Gasteiger partial charge >= 0.3 is 0 Å². The second-order valence-electron chi connectivity index (χ2n) is 7.85. The first-order valence-electron chi connectivity index (χ1n) is 10.8. The number of nitrogens with one attached hydrogen (secondary N) is 3. The lowest BCUT2D eigenvalue weighted by atomic mass is 9.97. The standard InChI is InChI=1S/C25H21FN6O3/c1-35-25-17(3-2-8-28-25)18-9-14(4-6-16-11-27-12-29-16)23(33)22(21(18)26)32-24(34)15-5-7-19-20(10-15)31-13-30-19/h2-3,5,7-13,33H,4,6H2,1H3,(H,27,29)(H,30,31)(H,32,34). The molecule has 176 valence electrons. The lowest BCUT2D eigenvalue weighted by molar-refractivity contribution is 0.102. The van der Waals surface area contributed by atoms with Gasteiger partial charge in [-0.1, -0.05) is 0 Å². The number of anilines is 1. The maximum atomic E-state index is 15.8. The van der Waals surface area contributed by atoms with Crippen LogP contribution in [-0.4, -0.2) is 43.0 Å². The van der Waals surface area contributed by atoms with E-state index in [9.17, 15) is 9.90 Å². The Morgan fingerprint density at radius 2 is 2.00 bits per heavy atom. The van der Waals surface area contributed by atoms with Crippen molar-refractivity contribution in [1.29, 1.82) is 0 Å². The van der Waals surface area contributed by atoms with Crippen molar-refractivity contribution in [3.8, 4) is 22.8 Å². The summed E-state index contributed by atoms with van der Waals surface area (Å²) in [5.41, 5.74) is 3.16. The second kappa shape index (κ2) is 9.26. The van der Waals surface area contributed by atoms with Crippen LogP contribution in [-0.2, 0) is 12.8 Å². The number of carbonyl (C=O) groups excluding carboxylic acids is 1. The molecule has 3 heterocycles. The summed E-state index contributed by atoms with van der Waals surface area (Å²) in [6.07, 6.45) is 7.19. The van der Waals surface area contributed by atoms with Crippen molar-refractivity contribution in [1.82, 2.24) is 24.9 Å². The highest BCUT2D eigenvalue weighted by molar-refractivity contribution is 6.07. The van der Waals surface area contributed by atoms with Gasteiger partial charge in [0.1, 0.15) is 11.4 Å². The number of fused-ring (bicyclic) bond motifs is 1. The highest BCUT2D eigenvalue weighted by Gasteiger charge is 2.23. The number of hydrogen-bond donors (Lipinski definition) is 4. The number of nitrogens with zero attached hydrogens (tertiary/aromatic N) is 3. The first kappa shape index (κ1) is 22.1. The fourth-order valence-electron chi connectivity index (χ4n) is 3.92. The third kappa shape index (κ3) is 4.29. The average Bonchev–Trinajstić information content (AvgIpc) is 3.57. The molecule has 0 fully saturated rings. The highest BCUT2D eigenvalue weighted by Crippen LogP contribution is 2.40. The molecule has 0 unspecified atom stereocenters. The van der Waals surface area contributed by atoms with E-state index in [0.29, 0.717) is 35.0 Å². The summed E-state index contributed by atoms with van der Waals surface area (Å²) in [7, 11) is 1.44. The summed E-state index contributed by atoms with van der Waals surface area (Å²) in [5.74, 6) is -1.50. The van der Waals surface area contributed by atoms with Gasteiger partial charge in [-0.15, -0.1) is 0 Å². The molecule has 9 nitrogen and oxygen atoms in total. The van der Waals surface area contributed by atoms with Gasteiger partial charge in [-0.3, -0.25) is 4.79 Å². The van der Waals surface area contributed by atoms with Gasteiger partial charge in [0.15, 0.2) is 5.82 Å². The summed E-state index contributed by atoms with van der Waals surface area (Å²) in [5, 5.41) is 13.5. The number of phenols is 1. The van der Waals surface area contributed by atoms with Gasteiger partial charge in [0.05, 0.1) is 30.8 Å². The SMILES string of the molecule is COc1ncccc1-c1cc(CCc2cnc[nH]2)c(O)c(NC(=O)c2ccc3nc[nH]c3c2)c1F. The first-order chi connectivity index (χ1) is 17.0. The van der Waals surface area contributed by atoms with E-state index in [-0.39, 0.29) is 28.4 Å². The van der Waals surface area contributed by atoms with Gasteiger partial charge in [0, 0.05) is 34.8 Å². The van der Waals surface area contributed by atoms with Crippen LogP contribution in [0.15, 0.2) is 61.4 Å². The van der Waals surface area contributed by atoms with Gasteiger partial charge in [0.2, 0.25) is 5.88 Å². The molecule has 4 N–H and O–H groups in total. The molecule has 0 saturated heterocycles. The van der Waals surface area contributed by atoms with Crippen LogP contribution in [0.5, 0.6) is 11.6 Å². The molecular formula is C25H21FN6O3. The largest absolute Gasteiger partial charge is 0.505 e. The minimum atomic E-state index is -0.796. The van der Waals surface area contributed by atoms with Crippen molar-refractivity contribution >= 4 is 22.6 Å². The van der Waals surface area contributed by atoms with Crippen molar-refractivity contribution in [2.75, 3.05) is 12.4 Å². The van der Waals surface area contributed by atoms with E-state index in [1.165, 1.54) is 19.6 Å². The number of methoxy groups -OCH3 is 1. The normalized spacial score (nSPS) is 11.0. The number of imidazole rings is 2. The summed E-state index contributed by atoms with van der Waals surface area (Å²) in [4.78, 5) is 31.3. The van der Waals surface area contributed by atoms with Gasteiger partial charge in [-0.05, 0) is 54.8 Å². The monoisotopic (exact) mass is 472 g/mol. The van der Waals surface area contributed by atoms with Crippen molar-refractivity contribution in [2.45, 2.75) is 12.8 Å². The fourth-order valence-corrected chi connectivity index (χ4v) is 3.92. The van der Waals surface area contributed by atoms with Gasteiger partial charge < -0.3 is 25.1 Å². The molecule has 10 heteroatoms. The zero-order chi connectivity index (χ0) is 24.4. The Kier molecular flexibility index (Phi) is 5.84. The number of phenolic OH excluding ortho intramolecular Hbond substituents is 1. The molecule has 0 spiro atoms. The number of aryl methyl sites for hydroxylation is 2. The van der Waals surface area contributed by atoms with E-state index in [0.717, 1.165) is 5.69 Å². The predicted octanol–water partition coefficient (Wildman–Crippen LogP) is 4.24. The molecule has 35 heavy (non-hydrogen) atoms. The summed E-state index contributed by atoms with van der Waals surface area (Å²) >= 11 is 0. The Balaban J connectivity index is 1.57. The van der Waals surface area contributed by atoms with Crippen molar-refractivity contribution < 1.29 is 19.0 Å². The molecule has 0 radical (unpaired) electrons. The van der Waals surface area contributed by atoms with Crippen LogP contribution in [0.2, 0.25) is 0 Å². The van der Waals surface area contributed by atoms with Crippen molar-refractivity contribution in [3.63, 3.8) is 0 Å². The Morgan fingerprint density at radius 1 is 1.11 bits per heavy atom. The van der Waals surface area contributed by atoms with Crippen LogP contribution in [0.4, 0.5) is 10.1 Å². The second-order valence-corrected chi connectivity index (χ2v) is 7.85. The van der Waals surface area contributed by atoms with E-state index in [1.807, 2.05) is 0 Å². The van der Waals surface area contributed by atoms with Crippen LogP contribution in [0.1, 0.15) is 21.6 Å². The molecule has 5 rings (SSSR count). The quantitative estimate of drug-likeness (QED) is 0.262. The number of aromatic hydroxyl groups is 1. The zero-order valence-electron chi connectivity index (χ0n) is 18.7. The predicted molar refractivity (Wildman–Crippen MR) is 128 cm³/mol. The molecule has 1 amide bonds. The molecule has 0 atom stereocenters. The number of benzene rings is 2. The van der Waals surface area contributed by atoms with E-state index >= 15 is 4.39 Å². The number of halogens is 1. The van der Waals surface area contributed by atoms with Gasteiger partial charge in [-0.2, -0.15) is 0 Å². The number of pyridine rings is 1. The minimum absolute atomic E-state index is 0.145. The molecule has 5 aromatic rings. The maximum absolute atomic E-state index is 15.8. The lowest BCUT2D eigenvalue weighted by Gasteiger charge is -2.17. The number of aromatic nitrogens is 5. The van der Waals surface area contributed by atoms with Crippen LogP contribution < -0.4 is 10.1 Å². The molecule has 3 aromatic heterocycles. The first-order valence-corrected chi connectivity index (χ1v) is 10.8. The van der Waals surface area contributed by atoms with Crippen molar-refractivity contribution in [3.05, 3.63) is 84.1 Å². The van der Waals surface area contributed by atoms with Crippen LogP contribution in [0.25, 0.3) is 22.2 Å². The molecule has 0 bridgehead atoms. The number of hydrogen-bond acceptors (Lipinski definition) is 6. The Morgan fingerprint density at radius 3 is 2.80 bits per heavy atom. The molecule has 0 saturated carbocycles.